The Morgan fingerprint density at radius 3 is 2.86 bits per heavy atom. The molecule has 3 nitrogen and oxygen atoms in total. The molecule has 1 saturated heterocycles. The number of rotatable bonds is 4. The molecule has 0 spiro atoms. The number of hydrogen-bond acceptors (Lipinski definition) is 2. The molecule has 1 N–H and O–H groups in total. The van der Waals surface area contributed by atoms with Crippen molar-refractivity contribution in [3.63, 3.8) is 0 Å². The normalized spacial score (nSPS) is 22.2. The van der Waals surface area contributed by atoms with Crippen LogP contribution in [0.1, 0.15) is 56.0 Å². The lowest BCUT2D eigenvalue weighted by Gasteiger charge is -2.38. The van der Waals surface area contributed by atoms with E-state index in [0.717, 1.165) is 42.7 Å². The minimum atomic E-state index is 0.177. The van der Waals surface area contributed by atoms with Crippen LogP contribution in [0.3, 0.4) is 0 Å². The van der Waals surface area contributed by atoms with Gasteiger partial charge in [0.25, 0.3) is 5.91 Å². The number of carbonyl (C=O) groups is 1. The van der Waals surface area contributed by atoms with Crippen molar-refractivity contribution in [1.82, 2.24) is 4.90 Å². The molecule has 21 heavy (non-hydrogen) atoms. The second-order valence-electron chi connectivity index (χ2n) is 6.33. The molecule has 1 aliphatic rings. The van der Waals surface area contributed by atoms with Gasteiger partial charge in [0.15, 0.2) is 0 Å². The topological polar surface area (TPSA) is 32.3 Å². The van der Waals surface area contributed by atoms with Crippen LogP contribution < -0.4 is 5.32 Å². The molecule has 1 aromatic rings. The quantitative estimate of drug-likeness (QED) is 0.905. The van der Waals surface area contributed by atoms with Gasteiger partial charge in [-0.3, -0.25) is 4.79 Å². The van der Waals surface area contributed by atoms with Gasteiger partial charge in [-0.15, -0.1) is 0 Å². The third-order valence-electron chi connectivity index (χ3n) is 4.61. The summed E-state index contributed by atoms with van der Waals surface area (Å²) in [5.41, 5.74) is 2.93. The Morgan fingerprint density at radius 2 is 2.14 bits per heavy atom. The summed E-state index contributed by atoms with van der Waals surface area (Å²) in [6.07, 6.45) is 3.39. The molecule has 1 heterocycles. The maximum Gasteiger partial charge on any atom is 0.256 e. The number of hydrogen-bond donors (Lipinski definition) is 1. The van der Waals surface area contributed by atoms with Gasteiger partial charge in [-0.1, -0.05) is 25.5 Å². The van der Waals surface area contributed by atoms with E-state index < -0.39 is 0 Å². The Balaban J connectivity index is 2.26. The first-order valence-electron chi connectivity index (χ1n) is 8.20. The molecule has 0 bridgehead atoms. The zero-order valence-electron chi connectivity index (χ0n) is 13.8. The third kappa shape index (κ3) is 3.58. The van der Waals surface area contributed by atoms with E-state index in [4.69, 9.17) is 0 Å². The molecular weight excluding hydrogens is 260 g/mol. The Bertz CT molecular complexity index is 498. The Labute approximate surface area is 128 Å². The second kappa shape index (κ2) is 6.97. The van der Waals surface area contributed by atoms with E-state index in [0.29, 0.717) is 12.0 Å². The first kappa shape index (κ1) is 15.9. The van der Waals surface area contributed by atoms with Gasteiger partial charge < -0.3 is 10.2 Å². The third-order valence-corrected chi connectivity index (χ3v) is 4.61. The van der Waals surface area contributed by atoms with Crippen LogP contribution in [0.2, 0.25) is 0 Å². The van der Waals surface area contributed by atoms with Crippen molar-refractivity contribution in [3.05, 3.63) is 29.3 Å². The molecule has 1 aromatic carbocycles. The fraction of sp³-hybridized carbons (Fsp3) is 0.611. The highest BCUT2D eigenvalue weighted by molar-refractivity contribution is 6.00. The van der Waals surface area contributed by atoms with Crippen molar-refractivity contribution < 1.29 is 4.79 Å². The second-order valence-corrected chi connectivity index (χ2v) is 6.33. The first-order valence-corrected chi connectivity index (χ1v) is 8.20. The van der Waals surface area contributed by atoms with Crippen molar-refractivity contribution in [2.45, 2.75) is 53.0 Å². The van der Waals surface area contributed by atoms with Crippen LogP contribution in [0.25, 0.3) is 0 Å². The maximum atomic E-state index is 13.0. The number of anilines is 1. The predicted molar refractivity (Wildman–Crippen MR) is 88.9 cm³/mol. The number of amides is 1. The molecule has 116 valence electrons. The fourth-order valence-corrected chi connectivity index (χ4v) is 3.03. The fourth-order valence-electron chi connectivity index (χ4n) is 3.03. The minimum absolute atomic E-state index is 0.177. The number of piperidine rings is 1. The molecule has 0 saturated carbocycles. The number of nitrogens with zero attached hydrogens (tertiary/aromatic N) is 1. The molecule has 0 aliphatic carbocycles. The van der Waals surface area contributed by atoms with E-state index in [1.54, 1.807) is 0 Å². The lowest BCUT2D eigenvalue weighted by atomic mass is 9.91. The van der Waals surface area contributed by atoms with Crippen LogP contribution in [-0.2, 0) is 0 Å². The SMILES string of the molecule is CCCNc1ccc(C)cc1C(=O)N1CCCC(C)C1C. The molecule has 2 unspecified atom stereocenters. The summed E-state index contributed by atoms with van der Waals surface area (Å²) in [4.78, 5) is 15.0. The number of nitrogens with one attached hydrogen (secondary N) is 1. The van der Waals surface area contributed by atoms with Crippen LogP contribution in [0.15, 0.2) is 18.2 Å². The zero-order valence-corrected chi connectivity index (χ0v) is 13.8. The van der Waals surface area contributed by atoms with E-state index in [-0.39, 0.29) is 5.91 Å². The van der Waals surface area contributed by atoms with Gasteiger partial charge in [0.05, 0.1) is 5.56 Å². The lowest BCUT2D eigenvalue weighted by molar-refractivity contribution is 0.0552. The lowest BCUT2D eigenvalue weighted by Crippen LogP contribution is -2.46. The first-order chi connectivity index (χ1) is 10.0. The van der Waals surface area contributed by atoms with Crippen LogP contribution in [-0.4, -0.2) is 29.9 Å². The number of benzene rings is 1. The molecule has 1 aliphatic heterocycles. The van der Waals surface area contributed by atoms with Gasteiger partial charge in [0.2, 0.25) is 0 Å². The maximum absolute atomic E-state index is 13.0. The Hall–Kier alpha value is -1.51. The molecule has 0 radical (unpaired) electrons. The molecule has 0 aromatic heterocycles. The van der Waals surface area contributed by atoms with Crippen LogP contribution >= 0.6 is 0 Å². The van der Waals surface area contributed by atoms with Crippen molar-refractivity contribution in [2.24, 2.45) is 5.92 Å². The van der Waals surface area contributed by atoms with Crippen LogP contribution in [0.5, 0.6) is 0 Å². The summed E-state index contributed by atoms with van der Waals surface area (Å²) in [6.45, 7) is 10.4. The van der Waals surface area contributed by atoms with Crippen molar-refractivity contribution in [1.29, 1.82) is 0 Å². The molecule has 2 atom stereocenters. The highest BCUT2D eigenvalue weighted by Gasteiger charge is 2.30. The summed E-state index contributed by atoms with van der Waals surface area (Å²) < 4.78 is 0. The summed E-state index contributed by atoms with van der Waals surface area (Å²) in [6, 6.07) is 6.45. The minimum Gasteiger partial charge on any atom is -0.384 e. The molecule has 1 amide bonds. The van der Waals surface area contributed by atoms with Gasteiger partial charge >= 0.3 is 0 Å². The van der Waals surface area contributed by atoms with Crippen LogP contribution in [0, 0.1) is 12.8 Å². The highest BCUT2D eigenvalue weighted by atomic mass is 16.2. The Kier molecular flexibility index (Phi) is 5.27. The van der Waals surface area contributed by atoms with E-state index >= 15 is 0 Å². The summed E-state index contributed by atoms with van der Waals surface area (Å²) in [7, 11) is 0. The smallest absolute Gasteiger partial charge is 0.256 e. The average molecular weight is 288 g/mol. The van der Waals surface area contributed by atoms with Gasteiger partial charge in [0.1, 0.15) is 0 Å². The van der Waals surface area contributed by atoms with Crippen molar-refractivity contribution in [2.75, 3.05) is 18.4 Å². The zero-order chi connectivity index (χ0) is 15.4. The average Bonchev–Trinajstić information content (AvgIpc) is 2.48. The van der Waals surface area contributed by atoms with Gasteiger partial charge in [-0.05, 0) is 51.2 Å². The van der Waals surface area contributed by atoms with Gasteiger partial charge in [-0.25, -0.2) is 0 Å². The number of likely N-dealkylation sites (tertiary alicyclic amines) is 1. The van der Waals surface area contributed by atoms with Gasteiger partial charge in [0, 0.05) is 24.8 Å². The molecule has 3 heteroatoms. The van der Waals surface area contributed by atoms with E-state index in [1.807, 2.05) is 19.1 Å². The summed E-state index contributed by atoms with van der Waals surface area (Å²) >= 11 is 0. The van der Waals surface area contributed by atoms with Crippen LogP contribution in [0.4, 0.5) is 5.69 Å². The van der Waals surface area contributed by atoms with Crippen molar-refractivity contribution >= 4 is 11.6 Å². The molecule has 1 fully saturated rings. The number of aryl methyl sites for hydroxylation is 1. The van der Waals surface area contributed by atoms with E-state index in [1.165, 1.54) is 6.42 Å². The predicted octanol–water partition coefficient (Wildman–Crippen LogP) is 4.08. The van der Waals surface area contributed by atoms with Gasteiger partial charge in [-0.2, -0.15) is 0 Å². The van der Waals surface area contributed by atoms with E-state index in [2.05, 4.69) is 37.1 Å². The monoisotopic (exact) mass is 288 g/mol. The summed E-state index contributed by atoms with van der Waals surface area (Å²) in [5.74, 6) is 0.760. The summed E-state index contributed by atoms with van der Waals surface area (Å²) in [5, 5.41) is 3.39. The van der Waals surface area contributed by atoms with E-state index in [9.17, 15) is 4.79 Å². The standard InChI is InChI=1S/C18H28N2O/c1-5-10-19-17-9-8-13(2)12-16(17)18(21)20-11-6-7-14(3)15(20)4/h8-9,12,14-15,19H,5-7,10-11H2,1-4H3. The largest absolute Gasteiger partial charge is 0.384 e. The molecule has 2 rings (SSSR count). The molecular formula is C18H28N2O. The highest BCUT2D eigenvalue weighted by Crippen LogP contribution is 2.27. The number of carbonyl (C=O) groups excluding carboxylic acids is 1. The van der Waals surface area contributed by atoms with Crippen molar-refractivity contribution in [3.8, 4) is 0 Å². The Morgan fingerprint density at radius 1 is 1.38 bits per heavy atom.